The number of benzene rings is 2. The lowest BCUT2D eigenvalue weighted by Gasteiger charge is -2.24. The Balaban J connectivity index is 1.78. The molecule has 3 N–H and O–H groups in total. The van der Waals surface area contributed by atoms with Gasteiger partial charge in [0.1, 0.15) is 11.3 Å². The molecule has 0 fully saturated rings. The van der Waals surface area contributed by atoms with Crippen LogP contribution in [-0.2, 0) is 22.2 Å². The van der Waals surface area contributed by atoms with Crippen molar-refractivity contribution >= 4 is 17.5 Å². The van der Waals surface area contributed by atoms with Crippen molar-refractivity contribution < 1.29 is 27.9 Å². The molecule has 0 saturated heterocycles. The molecule has 0 radical (unpaired) electrons. The second kappa shape index (κ2) is 7.75. The minimum atomic E-state index is -4.49. The number of amides is 2. The van der Waals surface area contributed by atoms with Crippen LogP contribution in [0.2, 0.25) is 0 Å². The van der Waals surface area contributed by atoms with Gasteiger partial charge >= 0.3 is 6.18 Å². The molecule has 3 rings (SSSR count). The zero-order valence-corrected chi connectivity index (χ0v) is 14.6. The van der Waals surface area contributed by atoms with Crippen LogP contribution < -0.4 is 10.6 Å². The van der Waals surface area contributed by atoms with Crippen LogP contribution in [0, 0.1) is 5.92 Å². The molecular weight excluding hydrogens is 373 g/mol. The summed E-state index contributed by atoms with van der Waals surface area (Å²) < 4.78 is 37.8. The molecule has 0 bridgehead atoms. The second-order valence-electron chi connectivity index (χ2n) is 6.39. The van der Waals surface area contributed by atoms with Crippen LogP contribution in [0.15, 0.2) is 65.9 Å². The summed E-state index contributed by atoms with van der Waals surface area (Å²) in [5.74, 6) is -2.43. The zero-order chi connectivity index (χ0) is 20.3. The molecule has 1 heterocycles. The SMILES string of the molecule is O=C1NCC(Cc2ccccc2)C(O)=C1C(=O)Nc1ccc(C(F)(F)F)cc1. The Bertz CT molecular complexity index is 907. The highest BCUT2D eigenvalue weighted by Gasteiger charge is 2.33. The van der Waals surface area contributed by atoms with Crippen LogP contribution in [-0.4, -0.2) is 23.5 Å². The summed E-state index contributed by atoms with van der Waals surface area (Å²) >= 11 is 0. The van der Waals surface area contributed by atoms with Crippen molar-refractivity contribution in [2.75, 3.05) is 11.9 Å². The molecule has 0 aromatic heterocycles. The molecule has 2 aromatic carbocycles. The molecule has 8 heteroatoms. The molecule has 1 aliphatic heterocycles. The molecule has 0 saturated carbocycles. The van der Waals surface area contributed by atoms with E-state index in [0.717, 1.165) is 29.8 Å². The van der Waals surface area contributed by atoms with Crippen LogP contribution in [0.25, 0.3) is 0 Å². The van der Waals surface area contributed by atoms with Gasteiger partial charge in [0.05, 0.1) is 5.56 Å². The van der Waals surface area contributed by atoms with E-state index in [1.165, 1.54) is 0 Å². The third-order valence-electron chi connectivity index (χ3n) is 4.40. The number of anilines is 1. The number of alkyl halides is 3. The first-order valence-electron chi connectivity index (χ1n) is 8.49. The summed E-state index contributed by atoms with van der Waals surface area (Å²) in [5, 5.41) is 15.4. The van der Waals surface area contributed by atoms with Crippen molar-refractivity contribution in [3.8, 4) is 0 Å². The highest BCUT2D eigenvalue weighted by Crippen LogP contribution is 2.30. The monoisotopic (exact) mass is 390 g/mol. The van der Waals surface area contributed by atoms with Crippen molar-refractivity contribution in [2.45, 2.75) is 12.6 Å². The fraction of sp³-hybridized carbons (Fsp3) is 0.200. The molecule has 0 spiro atoms. The predicted molar refractivity (Wildman–Crippen MR) is 96.4 cm³/mol. The van der Waals surface area contributed by atoms with E-state index in [-0.39, 0.29) is 18.0 Å². The van der Waals surface area contributed by atoms with E-state index in [1.807, 2.05) is 30.3 Å². The lowest BCUT2D eigenvalue weighted by atomic mass is 9.91. The van der Waals surface area contributed by atoms with Gasteiger partial charge in [0.25, 0.3) is 11.8 Å². The molecule has 1 unspecified atom stereocenters. The number of carbonyl (C=O) groups excluding carboxylic acids is 2. The van der Waals surface area contributed by atoms with Gasteiger partial charge in [-0.1, -0.05) is 30.3 Å². The summed E-state index contributed by atoms with van der Waals surface area (Å²) in [4.78, 5) is 24.5. The van der Waals surface area contributed by atoms with Gasteiger partial charge in [0, 0.05) is 18.2 Å². The minimum absolute atomic E-state index is 0.0799. The number of carbonyl (C=O) groups is 2. The van der Waals surface area contributed by atoms with Crippen LogP contribution in [0.5, 0.6) is 0 Å². The first-order chi connectivity index (χ1) is 13.3. The van der Waals surface area contributed by atoms with Gasteiger partial charge in [-0.25, -0.2) is 0 Å². The Kier molecular flexibility index (Phi) is 5.39. The molecule has 0 aliphatic carbocycles. The summed E-state index contributed by atoms with van der Waals surface area (Å²) in [7, 11) is 0. The van der Waals surface area contributed by atoms with Gasteiger partial charge in [-0.15, -0.1) is 0 Å². The highest BCUT2D eigenvalue weighted by molar-refractivity contribution is 6.23. The number of rotatable bonds is 4. The maximum atomic E-state index is 12.6. The van der Waals surface area contributed by atoms with Crippen molar-refractivity contribution in [1.29, 1.82) is 0 Å². The Morgan fingerprint density at radius 3 is 2.36 bits per heavy atom. The number of aliphatic hydroxyl groups is 1. The lowest BCUT2D eigenvalue weighted by molar-refractivity contribution is -0.137. The van der Waals surface area contributed by atoms with Crippen molar-refractivity contribution in [3.05, 3.63) is 77.1 Å². The van der Waals surface area contributed by atoms with Crippen LogP contribution >= 0.6 is 0 Å². The lowest BCUT2D eigenvalue weighted by Crippen LogP contribution is -2.42. The van der Waals surface area contributed by atoms with Gasteiger partial charge in [0.15, 0.2) is 0 Å². The Labute approximate surface area is 158 Å². The van der Waals surface area contributed by atoms with E-state index in [0.29, 0.717) is 6.42 Å². The smallest absolute Gasteiger partial charge is 0.416 e. The quantitative estimate of drug-likeness (QED) is 0.700. The normalized spacial score (nSPS) is 17.2. The predicted octanol–water partition coefficient (Wildman–Crippen LogP) is 3.44. The van der Waals surface area contributed by atoms with Gasteiger partial charge in [-0.3, -0.25) is 9.59 Å². The fourth-order valence-electron chi connectivity index (χ4n) is 2.94. The van der Waals surface area contributed by atoms with E-state index in [2.05, 4.69) is 10.6 Å². The molecule has 2 amide bonds. The minimum Gasteiger partial charge on any atom is -0.511 e. The summed E-state index contributed by atoms with van der Waals surface area (Å²) in [6, 6.07) is 13.1. The van der Waals surface area contributed by atoms with Crippen LogP contribution in [0.1, 0.15) is 11.1 Å². The highest BCUT2D eigenvalue weighted by atomic mass is 19.4. The summed E-state index contributed by atoms with van der Waals surface area (Å²) in [6.07, 6.45) is -4.07. The van der Waals surface area contributed by atoms with Gasteiger partial charge in [-0.05, 0) is 36.2 Å². The van der Waals surface area contributed by atoms with E-state index in [9.17, 15) is 27.9 Å². The molecule has 1 aliphatic rings. The van der Waals surface area contributed by atoms with Crippen molar-refractivity contribution in [3.63, 3.8) is 0 Å². The first kappa shape index (κ1) is 19.5. The number of hydrogen-bond donors (Lipinski definition) is 3. The van der Waals surface area contributed by atoms with Gasteiger partial charge in [-0.2, -0.15) is 13.2 Å². The number of hydrogen-bond acceptors (Lipinski definition) is 3. The molecule has 146 valence electrons. The molecule has 1 atom stereocenters. The fourth-order valence-corrected chi connectivity index (χ4v) is 2.94. The number of halogens is 3. The Morgan fingerprint density at radius 1 is 1.11 bits per heavy atom. The zero-order valence-electron chi connectivity index (χ0n) is 14.6. The molecular formula is C20H17F3N2O3. The molecule has 2 aromatic rings. The number of nitrogens with one attached hydrogen (secondary N) is 2. The molecule has 28 heavy (non-hydrogen) atoms. The van der Waals surface area contributed by atoms with Crippen LogP contribution in [0.4, 0.5) is 18.9 Å². The largest absolute Gasteiger partial charge is 0.511 e. The van der Waals surface area contributed by atoms with Crippen molar-refractivity contribution in [1.82, 2.24) is 5.32 Å². The Morgan fingerprint density at radius 2 is 1.75 bits per heavy atom. The average Bonchev–Trinajstić information content (AvgIpc) is 2.65. The van der Waals surface area contributed by atoms with E-state index < -0.39 is 35.0 Å². The maximum Gasteiger partial charge on any atom is 0.416 e. The van der Waals surface area contributed by atoms with Crippen molar-refractivity contribution in [2.24, 2.45) is 5.92 Å². The third-order valence-corrected chi connectivity index (χ3v) is 4.40. The standard InChI is InChI=1S/C20H17F3N2O3/c21-20(22,23)14-6-8-15(9-7-14)25-19(28)16-17(26)13(11-24-18(16)27)10-12-4-2-1-3-5-12/h1-9,13,26H,10-11H2,(H,24,27)(H,25,28). The maximum absolute atomic E-state index is 12.6. The number of aliphatic hydroxyl groups excluding tert-OH is 1. The summed E-state index contributed by atoms with van der Waals surface area (Å²) in [6.45, 7) is 0.177. The van der Waals surface area contributed by atoms with Gasteiger partial charge in [0.2, 0.25) is 0 Å². The summed E-state index contributed by atoms with van der Waals surface area (Å²) in [5.41, 5.74) is -0.285. The Hall–Kier alpha value is -3.29. The first-order valence-corrected chi connectivity index (χ1v) is 8.49. The van der Waals surface area contributed by atoms with E-state index in [1.54, 1.807) is 0 Å². The average molecular weight is 390 g/mol. The van der Waals surface area contributed by atoms with Gasteiger partial charge < -0.3 is 15.7 Å². The second-order valence-corrected chi connectivity index (χ2v) is 6.39. The molecule has 5 nitrogen and oxygen atoms in total. The third kappa shape index (κ3) is 4.33. The van der Waals surface area contributed by atoms with E-state index in [4.69, 9.17) is 0 Å². The topological polar surface area (TPSA) is 78.4 Å². The van der Waals surface area contributed by atoms with E-state index >= 15 is 0 Å². The van der Waals surface area contributed by atoms with Crippen LogP contribution in [0.3, 0.4) is 0 Å².